The zero-order valence-electron chi connectivity index (χ0n) is 35.9. The fraction of sp³-hybridized carbons (Fsp3) is 0.231. The van der Waals surface area contributed by atoms with Gasteiger partial charge in [0.25, 0.3) is 0 Å². The number of hydrogen-bond donors (Lipinski definition) is 0. The summed E-state index contributed by atoms with van der Waals surface area (Å²) >= 11 is 0. The summed E-state index contributed by atoms with van der Waals surface area (Å²) in [5, 5.41) is 0. The molecule has 6 rings (SSSR count). The highest BCUT2D eigenvalue weighted by Crippen LogP contribution is 2.32. The number of esters is 3. The number of carbonyl (C=O) groups is 4. The summed E-state index contributed by atoms with van der Waals surface area (Å²) in [6, 6.07) is 29.1. The Kier molecular flexibility index (Phi) is 12.8. The average Bonchev–Trinajstić information content (AvgIpc) is 3.19. The van der Waals surface area contributed by atoms with Crippen molar-refractivity contribution in [2.45, 2.75) is 75.2 Å². The van der Waals surface area contributed by atoms with Crippen molar-refractivity contribution in [3.63, 3.8) is 0 Å². The molecule has 8 heteroatoms. The lowest BCUT2D eigenvalue weighted by Crippen LogP contribution is -2.14. The molecule has 6 aromatic carbocycles. The molecule has 0 unspecified atom stereocenters. The Morgan fingerprint density at radius 3 is 0.900 bits per heavy atom. The lowest BCUT2D eigenvalue weighted by molar-refractivity contribution is 0.0719. The smallest absolute Gasteiger partial charge is 0.343 e. The second-order valence-corrected chi connectivity index (χ2v) is 15.7. The molecule has 0 saturated heterocycles. The molecule has 0 bridgehead atoms. The summed E-state index contributed by atoms with van der Waals surface area (Å²) in [5.41, 5.74) is 12.5. The van der Waals surface area contributed by atoms with Gasteiger partial charge in [-0.15, -0.1) is 0 Å². The van der Waals surface area contributed by atoms with E-state index in [1.807, 2.05) is 91.8 Å². The van der Waals surface area contributed by atoms with Gasteiger partial charge in [0.05, 0.1) is 23.8 Å². The number of carbonyl (C=O) groups excluding carboxylic acids is 4. The molecule has 8 nitrogen and oxygen atoms in total. The predicted molar refractivity (Wildman–Crippen MR) is 234 cm³/mol. The van der Waals surface area contributed by atoms with E-state index >= 15 is 0 Å². The Morgan fingerprint density at radius 1 is 0.383 bits per heavy atom. The van der Waals surface area contributed by atoms with Crippen LogP contribution in [0, 0.1) is 55.4 Å². The number of Topliss-reactive ketones (excluding diaryl/α,β-unsaturated/α-hetero) is 1. The SMILES string of the molecule is COc1c(C)cc(Cc2cc(C)c(OC(=O)c3cccc(C(=O)Oc4c(C)cc(Cc5cc(C)c(OC(=O)c6cccc(C(C)=O)c6)c(C)c5)cc4C)c3)c(C)c2)cc1C. The summed E-state index contributed by atoms with van der Waals surface area (Å²) in [6.07, 6.45) is 1.32. The highest BCUT2D eigenvalue weighted by Gasteiger charge is 2.20. The van der Waals surface area contributed by atoms with Crippen LogP contribution in [0.15, 0.2) is 97.1 Å². The van der Waals surface area contributed by atoms with Gasteiger partial charge in [-0.3, -0.25) is 4.79 Å². The van der Waals surface area contributed by atoms with Crippen molar-refractivity contribution in [1.29, 1.82) is 0 Å². The van der Waals surface area contributed by atoms with Crippen LogP contribution in [-0.2, 0) is 12.8 Å². The monoisotopic (exact) mass is 802 g/mol. The second-order valence-electron chi connectivity index (χ2n) is 15.7. The third kappa shape index (κ3) is 9.72. The number of methoxy groups -OCH3 is 1. The minimum atomic E-state index is -0.589. The molecule has 60 heavy (non-hydrogen) atoms. The molecule has 0 aliphatic heterocycles. The number of ketones is 1. The summed E-state index contributed by atoms with van der Waals surface area (Å²) < 4.78 is 23.2. The number of aryl methyl sites for hydroxylation is 8. The summed E-state index contributed by atoms with van der Waals surface area (Å²) in [6.45, 7) is 16.9. The van der Waals surface area contributed by atoms with Crippen LogP contribution in [0.25, 0.3) is 0 Å². The van der Waals surface area contributed by atoms with Crippen LogP contribution in [0.3, 0.4) is 0 Å². The number of rotatable bonds is 12. The molecule has 6 aromatic rings. The van der Waals surface area contributed by atoms with Gasteiger partial charge >= 0.3 is 17.9 Å². The van der Waals surface area contributed by atoms with Crippen LogP contribution in [-0.4, -0.2) is 30.8 Å². The predicted octanol–water partition coefficient (Wildman–Crippen LogP) is 11.2. The minimum absolute atomic E-state index is 0.127. The van der Waals surface area contributed by atoms with Gasteiger partial charge < -0.3 is 18.9 Å². The van der Waals surface area contributed by atoms with Gasteiger partial charge in [0, 0.05) is 5.56 Å². The van der Waals surface area contributed by atoms with Crippen LogP contribution in [0.5, 0.6) is 23.0 Å². The van der Waals surface area contributed by atoms with E-state index in [-0.39, 0.29) is 16.9 Å². The van der Waals surface area contributed by atoms with Gasteiger partial charge in [-0.2, -0.15) is 0 Å². The van der Waals surface area contributed by atoms with Crippen LogP contribution >= 0.6 is 0 Å². The van der Waals surface area contributed by atoms with Crippen LogP contribution in [0.2, 0.25) is 0 Å². The molecule has 306 valence electrons. The molecule has 0 aliphatic rings. The zero-order chi connectivity index (χ0) is 43.4. The first-order valence-corrected chi connectivity index (χ1v) is 19.8. The normalized spacial score (nSPS) is 10.9. The van der Waals surface area contributed by atoms with Crippen LogP contribution < -0.4 is 18.9 Å². The third-order valence-electron chi connectivity index (χ3n) is 10.5. The molecule has 0 heterocycles. The maximum absolute atomic E-state index is 13.5. The lowest BCUT2D eigenvalue weighted by Gasteiger charge is -2.16. The van der Waals surface area contributed by atoms with Gasteiger partial charge in [-0.1, -0.05) is 66.7 Å². The van der Waals surface area contributed by atoms with Crippen molar-refractivity contribution < 1.29 is 38.1 Å². The Balaban J connectivity index is 1.11. The maximum Gasteiger partial charge on any atom is 0.343 e. The van der Waals surface area contributed by atoms with E-state index in [0.29, 0.717) is 34.8 Å². The van der Waals surface area contributed by atoms with Gasteiger partial charge in [0.15, 0.2) is 5.78 Å². The Hall–Kier alpha value is -6.80. The topological polar surface area (TPSA) is 105 Å². The van der Waals surface area contributed by atoms with Crippen molar-refractivity contribution in [2.75, 3.05) is 7.11 Å². The molecule has 0 radical (unpaired) electrons. The van der Waals surface area contributed by atoms with E-state index in [4.69, 9.17) is 18.9 Å². The largest absolute Gasteiger partial charge is 0.496 e. The van der Waals surface area contributed by atoms with Crippen LogP contribution in [0.1, 0.15) is 115 Å². The van der Waals surface area contributed by atoms with E-state index in [1.165, 1.54) is 18.6 Å². The first-order chi connectivity index (χ1) is 28.5. The van der Waals surface area contributed by atoms with E-state index < -0.39 is 17.9 Å². The lowest BCUT2D eigenvalue weighted by atomic mass is 9.97. The molecule has 0 aromatic heterocycles. The molecule has 0 N–H and O–H groups in total. The van der Waals surface area contributed by atoms with Crippen molar-refractivity contribution in [3.8, 4) is 23.0 Å². The standard InChI is InChI=1S/C52H50O8/c1-29-17-38(18-30(2)46(29)57-10)25-39-19-33(5)48(34(6)20-39)59-51(55)44-15-12-16-45(28-44)52(56)60-49-35(7)23-41(24-36(49)8)26-40-21-31(3)47(32(4)22-40)58-50(54)43-14-11-13-42(27-43)37(9)53/h11-24,27-28H,25-26H2,1-10H3. The number of hydrogen-bond acceptors (Lipinski definition) is 8. The van der Waals surface area contributed by atoms with Crippen molar-refractivity contribution in [3.05, 3.63) is 186 Å². The highest BCUT2D eigenvalue weighted by molar-refractivity contribution is 5.99. The first-order valence-electron chi connectivity index (χ1n) is 19.8. The number of benzene rings is 6. The Bertz CT molecular complexity index is 2590. The Morgan fingerprint density at radius 2 is 0.633 bits per heavy atom. The summed E-state index contributed by atoms with van der Waals surface area (Å²) in [4.78, 5) is 51.7. The molecular weight excluding hydrogens is 753 g/mol. The van der Waals surface area contributed by atoms with Crippen LogP contribution in [0.4, 0.5) is 0 Å². The van der Waals surface area contributed by atoms with E-state index in [0.717, 1.165) is 73.4 Å². The average molecular weight is 803 g/mol. The summed E-state index contributed by atoms with van der Waals surface area (Å²) in [7, 11) is 1.68. The quantitative estimate of drug-likeness (QED) is 0.0684. The van der Waals surface area contributed by atoms with Crippen molar-refractivity contribution in [1.82, 2.24) is 0 Å². The first kappa shape index (κ1) is 42.8. The molecule has 0 fully saturated rings. The van der Waals surface area contributed by atoms with Gasteiger partial charge in [0.1, 0.15) is 23.0 Å². The highest BCUT2D eigenvalue weighted by atomic mass is 16.5. The molecular formula is C52H50O8. The van der Waals surface area contributed by atoms with Gasteiger partial charge in [-0.25, -0.2) is 14.4 Å². The van der Waals surface area contributed by atoms with Gasteiger partial charge in [0.2, 0.25) is 0 Å². The molecule has 0 saturated carbocycles. The van der Waals surface area contributed by atoms with E-state index in [2.05, 4.69) is 12.1 Å². The van der Waals surface area contributed by atoms with E-state index in [1.54, 1.807) is 49.6 Å². The minimum Gasteiger partial charge on any atom is -0.496 e. The fourth-order valence-corrected chi connectivity index (χ4v) is 7.94. The fourth-order valence-electron chi connectivity index (χ4n) is 7.94. The van der Waals surface area contributed by atoms with Crippen molar-refractivity contribution in [2.24, 2.45) is 0 Å². The number of ether oxygens (including phenoxy) is 4. The Labute approximate surface area is 352 Å². The molecule has 0 spiro atoms. The van der Waals surface area contributed by atoms with Crippen molar-refractivity contribution >= 4 is 23.7 Å². The van der Waals surface area contributed by atoms with Gasteiger partial charge in [-0.05, 0) is 172 Å². The third-order valence-corrected chi connectivity index (χ3v) is 10.5. The maximum atomic E-state index is 13.5. The molecule has 0 aliphatic carbocycles. The molecule has 0 atom stereocenters. The second kappa shape index (κ2) is 18.0. The zero-order valence-corrected chi connectivity index (χ0v) is 35.9. The summed E-state index contributed by atoms with van der Waals surface area (Å²) in [5.74, 6) is 0.499. The van der Waals surface area contributed by atoms with E-state index in [9.17, 15) is 19.2 Å². The molecule has 0 amide bonds.